The van der Waals surface area contributed by atoms with Crippen molar-refractivity contribution in [1.29, 1.82) is 0 Å². The number of nitrogens with one attached hydrogen (secondary N) is 1. The van der Waals surface area contributed by atoms with Crippen LogP contribution in [0.4, 0.5) is 0 Å². The number of carbonyl (C=O) groups excluding carboxylic acids is 2. The van der Waals surface area contributed by atoms with Crippen LogP contribution in [0.15, 0.2) is 53.3 Å². The van der Waals surface area contributed by atoms with Crippen LogP contribution < -0.4 is 5.32 Å². The molecule has 136 valence electrons. The van der Waals surface area contributed by atoms with Crippen LogP contribution in [0.5, 0.6) is 0 Å². The molecule has 0 bridgehead atoms. The van der Waals surface area contributed by atoms with Gasteiger partial charge in [-0.1, -0.05) is 30.3 Å². The molecular formula is C20H22BrN3O2. The van der Waals surface area contributed by atoms with Gasteiger partial charge in [-0.3, -0.25) is 14.6 Å². The van der Waals surface area contributed by atoms with Crippen molar-refractivity contribution in [2.24, 2.45) is 0 Å². The Morgan fingerprint density at radius 1 is 1.15 bits per heavy atom. The highest BCUT2D eigenvalue weighted by Gasteiger charge is 2.24. The summed E-state index contributed by atoms with van der Waals surface area (Å²) in [7, 11) is 0. The predicted octanol–water partition coefficient (Wildman–Crippen LogP) is 3.20. The molecule has 26 heavy (non-hydrogen) atoms. The van der Waals surface area contributed by atoms with E-state index in [2.05, 4.69) is 26.2 Å². The molecule has 0 saturated carbocycles. The summed E-state index contributed by atoms with van der Waals surface area (Å²) in [4.78, 5) is 30.5. The molecule has 1 aliphatic heterocycles. The van der Waals surface area contributed by atoms with Gasteiger partial charge in [0.1, 0.15) is 0 Å². The first-order chi connectivity index (χ1) is 12.6. The summed E-state index contributed by atoms with van der Waals surface area (Å²) in [6.07, 6.45) is 6.06. The van der Waals surface area contributed by atoms with Crippen molar-refractivity contribution in [3.63, 3.8) is 0 Å². The van der Waals surface area contributed by atoms with Gasteiger partial charge in [-0.05, 0) is 46.8 Å². The van der Waals surface area contributed by atoms with Gasteiger partial charge in [-0.25, -0.2) is 0 Å². The molecule has 1 aromatic heterocycles. The van der Waals surface area contributed by atoms with Gasteiger partial charge in [0.2, 0.25) is 5.91 Å². The monoisotopic (exact) mass is 415 g/mol. The number of hydrogen-bond acceptors (Lipinski definition) is 3. The highest BCUT2D eigenvalue weighted by atomic mass is 79.9. The quantitative estimate of drug-likeness (QED) is 0.815. The smallest absolute Gasteiger partial charge is 0.255 e. The lowest BCUT2D eigenvalue weighted by atomic mass is 10.0. The number of carbonyl (C=O) groups is 2. The summed E-state index contributed by atoms with van der Waals surface area (Å²) in [6.45, 7) is 1.30. The number of halogens is 1. The zero-order valence-corrected chi connectivity index (χ0v) is 16.1. The highest BCUT2D eigenvalue weighted by molar-refractivity contribution is 9.10. The number of hydrogen-bond donors (Lipinski definition) is 1. The zero-order valence-electron chi connectivity index (χ0n) is 14.5. The van der Waals surface area contributed by atoms with Gasteiger partial charge in [0, 0.05) is 42.4 Å². The molecule has 2 amide bonds. The minimum atomic E-state index is -0.00680. The number of piperidine rings is 1. The molecule has 0 atom stereocenters. The van der Waals surface area contributed by atoms with E-state index >= 15 is 0 Å². The van der Waals surface area contributed by atoms with Gasteiger partial charge >= 0.3 is 0 Å². The van der Waals surface area contributed by atoms with Crippen LogP contribution in [-0.4, -0.2) is 40.8 Å². The van der Waals surface area contributed by atoms with Gasteiger partial charge in [0.25, 0.3) is 5.91 Å². The number of nitrogens with zero attached hydrogens (tertiary/aromatic N) is 2. The molecule has 1 fully saturated rings. The molecule has 0 unspecified atom stereocenters. The molecule has 1 saturated heterocycles. The Morgan fingerprint density at radius 3 is 2.58 bits per heavy atom. The summed E-state index contributed by atoms with van der Waals surface area (Å²) >= 11 is 3.34. The average Bonchev–Trinajstić information content (AvgIpc) is 2.67. The first-order valence-corrected chi connectivity index (χ1v) is 9.64. The Morgan fingerprint density at radius 2 is 1.88 bits per heavy atom. The largest absolute Gasteiger partial charge is 0.353 e. The fraction of sp³-hybridized carbons (Fsp3) is 0.350. The fourth-order valence-electron chi connectivity index (χ4n) is 3.14. The Bertz CT molecular complexity index is 759. The summed E-state index contributed by atoms with van der Waals surface area (Å²) in [6, 6.07) is 11.9. The number of aryl methyl sites for hydroxylation is 1. The van der Waals surface area contributed by atoms with E-state index in [1.54, 1.807) is 18.5 Å². The maximum atomic E-state index is 12.5. The molecule has 0 spiro atoms. The molecule has 1 N–H and O–H groups in total. The summed E-state index contributed by atoms with van der Waals surface area (Å²) < 4.78 is 0.795. The topological polar surface area (TPSA) is 62.3 Å². The molecular weight excluding hydrogens is 394 g/mol. The Labute approximate surface area is 161 Å². The first-order valence-electron chi connectivity index (χ1n) is 8.85. The van der Waals surface area contributed by atoms with Crippen molar-refractivity contribution in [2.75, 3.05) is 13.1 Å². The number of amides is 2. The Balaban J connectivity index is 1.43. The average molecular weight is 416 g/mol. The second-order valence-electron chi connectivity index (χ2n) is 6.51. The van der Waals surface area contributed by atoms with Crippen molar-refractivity contribution in [3.05, 3.63) is 64.4 Å². The van der Waals surface area contributed by atoms with Crippen molar-refractivity contribution >= 4 is 27.7 Å². The second kappa shape index (κ2) is 8.94. The van der Waals surface area contributed by atoms with Gasteiger partial charge in [-0.2, -0.15) is 0 Å². The number of aromatic nitrogens is 1. The Kier molecular flexibility index (Phi) is 6.39. The van der Waals surface area contributed by atoms with E-state index in [0.717, 1.165) is 23.7 Å². The third-order valence-corrected chi connectivity index (χ3v) is 5.02. The molecule has 2 heterocycles. The number of rotatable bonds is 5. The maximum Gasteiger partial charge on any atom is 0.255 e. The third kappa shape index (κ3) is 5.14. The molecule has 3 rings (SSSR count). The summed E-state index contributed by atoms with van der Waals surface area (Å²) in [5.74, 6) is 0.0717. The van der Waals surface area contributed by atoms with Crippen molar-refractivity contribution < 1.29 is 9.59 Å². The lowest BCUT2D eigenvalue weighted by molar-refractivity contribution is -0.122. The highest BCUT2D eigenvalue weighted by Crippen LogP contribution is 2.16. The zero-order chi connectivity index (χ0) is 18.4. The van der Waals surface area contributed by atoms with Crippen LogP contribution in [0.2, 0.25) is 0 Å². The van der Waals surface area contributed by atoms with Gasteiger partial charge < -0.3 is 10.2 Å². The van der Waals surface area contributed by atoms with E-state index in [9.17, 15) is 9.59 Å². The van der Waals surface area contributed by atoms with Crippen LogP contribution in [-0.2, 0) is 11.2 Å². The van der Waals surface area contributed by atoms with Gasteiger partial charge in [0.15, 0.2) is 0 Å². The normalized spacial score (nSPS) is 14.9. The molecule has 1 aromatic carbocycles. The van der Waals surface area contributed by atoms with Gasteiger partial charge in [-0.15, -0.1) is 0 Å². The Hall–Kier alpha value is -2.21. The van der Waals surface area contributed by atoms with Crippen LogP contribution in [0.3, 0.4) is 0 Å². The maximum absolute atomic E-state index is 12.5. The van der Waals surface area contributed by atoms with Crippen LogP contribution >= 0.6 is 15.9 Å². The first kappa shape index (κ1) is 18.6. The van der Waals surface area contributed by atoms with Crippen LogP contribution in [0, 0.1) is 0 Å². The van der Waals surface area contributed by atoms with Crippen molar-refractivity contribution in [3.8, 4) is 0 Å². The molecule has 1 aliphatic rings. The van der Waals surface area contributed by atoms with E-state index in [4.69, 9.17) is 0 Å². The number of pyridine rings is 1. The van der Waals surface area contributed by atoms with E-state index in [1.807, 2.05) is 35.2 Å². The van der Waals surface area contributed by atoms with Crippen LogP contribution in [0.1, 0.15) is 35.2 Å². The standard InChI is InChI=1S/C20H22BrN3O2/c21-17-12-16(13-22-14-17)20(26)24-10-8-18(9-11-24)23-19(25)7-6-15-4-2-1-3-5-15/h1-5,12-14,18H,6-11H2,(H,23,25). The molecule has 2 aromatic rings. The fourth-order valence-corrected chi connectivity index (χ4v) is 3.51. The van der Waals surface area contributed by atoms with E-state index in [-0.39, 0.29) is 17.9 Å². The number of benzene rings is 1. The lowest BCUT2D eigenvalue weighted by Gasteiger charge is -2.32. The summed E-state index contributed by atoms with van der Waals surface area (Å²) in [5, 5.41) is 3.10. The molecule has 0 aliphatic carbocycles. The van der Waals surface area contributed by atoms with E-state index < -0.39 is 0 Å². The summed E-state index contributed by atoms with van der Waals surface area (Å²) in [5.41, 5.74) is 1.76. The molecule has 6 heteroatoms. The van der Waals surface area contributed by atoms with E-state index in [0.29, 0.717) is 25.1 Å². The lowest BCUT2D eigenvalue weighted by Crippen LogP contribution is -2.46. The second-order valence-corrected chi connectivity index (χ2v) is 7.43. The minimum Gasteiger partial charge on any atom is -0.353 e. The van der Waals surface area contributed by atoms with Gasteiger partial charge in [0.05, 0.1) is 5.56 Å². The minimum absolute atomic E-state index is 0.00680. The molecule has 5 nitrogen and oxygen atoms in total. The van der Waals surface area contributed by atoms with Crippen molar-refractivity contribution in [2.45, 2.75) is 31.7 Å². The van der Waals surface area contributed by atoms with E-state index in [1.165, 1.54) is 5.56 Å². The molecule has 0 radical (unpaired) electrons. The third-order valence-electron chi connectivity index (χ3n) is 4.58. The van der Waals surface area contributed by atoms with Crippen LogP contribution in [0.25, 0.3) is 0 Å². The van der Waals surface area contributed by atoms with Crippen molar-refractivity contribution in [1.82, 2.24) is 15.2 Å². The SMILES string of the molecule is O=C(CCc1ccccc1)NC1CCN(C(=O)c2cncc(Br)c2)CC1. The number of likely N-dealkylation sites (tertiary alicyclic amines) is 1. The predicted molar refractivity (Wildman–Crippen MR) is 104 cm³/mol.